The zero-order chi connectivity index (χ0) is 18.3. The molecule has 2 heterocycles. The predicted molar refractivity (Wildman–Crippen MR) is 93.0 cm³/mol. The molecule has 0 bridgehead atoms. The second-order valence-electron chi connectivity index (χ2n) is 5.77. The van der Waals surface area contributed by atoms with Crippen molar-refractivity contribution in [3.05, 3.63) is 55.7 Å². The van der Waals surface area contributed by atoms with Crippen LogP contribution >= 0.6 is 11.6 Å². The Morgan fingerprint density at radius 3 is 2.44 bits per heavy atom. The molecule has 25 heavy (non-hydrogen) atoms. The number of fused-ring (bicyclic) bond motifs is 1. The Morgan fingerprint density at radius 1 is 1.16 bits per heavy atom. The summed E-state index contributed by atoms with van der Waals surface area (Å²) in [6.07, 6.45) is -0.213. The average Bonchev–Trinajstić information content (AvgIpc) is 2.90. The first-order valence-corrected chi connectivity index (χ1v) is 7.83. The summed E-state index contributed by atoms with van der Waals surface area (Å²) in [6.45, 7) is 0. The summed E-state index contributed by atoms with van der Waals surface area (Å²) in [5.41, 5.74) is -0.474. The Balaban J connectivity index is 1.89. The van der Waals surface area contributed by atoms with E-state index >= 15 is 0 Å². The van der Waals surface area contributed by atoms with Crippen LogP contribution in [0.15, 0.2) is 33.9 Å². The number of aromatic nitrogens is 2. The number of nitrogens with zero attached hydrogens (tertiary/aromatic N) is 2. The quantitative estimate of drug-likeness (QED) is 0.843. The maximum atomic E-state index is 12.4. The molecule has 8 nitrogen and oxygen atoms in total. The molecule has 1 aromatic heterocycles. The number of halogens is 1. The predicted octanol–water partition coefficient (Wildman–Crippen LogP) is 0.802. The van der Waals surface area contributed by atoms with E-state index in [1.165, 1.54) is 18.7 Å². The van der Waals surface area contributed by atoms with E-state index in [-0.39, 0.29) is 17.8 Å². The third-order valence-corrected chi connectivity index (χ3v) is 4.38. The molecule has 0 saturated heterocycles. The minimum atomic E-state index is -0.951. The van der Waals surface area contributed by atoms with E-state index in [0.29, 0.717) is 10.7 Å². The zero-order valence-corrected chi connectivity index (χ0v) is 14.3. The lowest BCUT2D eigenvalue weighted by atomic mass is 9.99. The first-order valence-electron chi connectivity index (χ1n) is 7.45. The van der Waals surface area contributed by atoms with Crippen LogP contribution in [0.25, 0.3) is 0 Å². The van der Waals surface area contributed by atoms with Gasteiger partial charge in [-0.2, -0.15) is 0 Å². The highest BCUT2D eigenvalue weighted by atomic mass is 35.5. The highest BCUT2D eigenvalue weighted by Crippen LogP contribution is 2.31. The van der Waals surface area contributed by atoms with Gasteiger partial charge in [0.25, 0.3) is 5.56 Å². The molecule has 1 aromatic carbocycles. The molecule has 2 amide bonds. The van der Waals surface area contributed by atoms with Crippen LogP contribution < -0.4 is 21.9 Å². The van der Waals surface area contributed by atoms with Crippen LogP contribution in [0, 0.1) is 0 Å². The Kier molecular flexibility index (Phi) is 4.22. The van der Waals surface area contributed by atoms with Crippen molar-refractivity contribution in [1.82, 2.24) is 9.13 Å². The minimum Gasteiger partial charge on any atom is -0.326 e. The van der Waals surface area contributed by atoms with E-state index < -0.39 is 29.0 Å². The second-order valence-corrected chi connectivity index (χ2v) is 6.21. The minimum absolute atomic E-state index is 0.126. The summed E-state index contributed by atoms with van der Waals surface area (Å²) in [7, 11) is 2.79. The van der Waals surface area contributed by atoms with Gasteiger partial charge in [0, 0.05) is 31.2 Å². The Labute approximate surface area is 147 Å². The maximum Gasteiger partial charge on any atom is 0.332 e. The standard InChI is InChI=1S/C16H15ClN4O4/c1-20-13-12(15(24)21(2)16(20)25)10(14(23)19-13)7-11(22)18-9-5-3-8(17)4-6-9/h3-6,10H,7H2,1-2H3,(H,18,22)(H,19,23)/t10-/m1/s1. The number of carbonyl (C=O) groups is 2. The summed E-state index contributed by atoms with van der Waals surface area (Å²) in [5.74, 6) is -1.72. The lowest BCUT2D eigenvalue weighted by Gasteiger charge is -2.11. The SMILES string of the molecule is Cn1c2c(c(=O)n(C)c1=O)[C@@H](CC(=O)Nc1ccc(Cl)cc1)C(=O)N2. The molecule has 0 aliphatic carbocycles. The molecule has 1 aliphatic heterocycles. The van der Waals surface area contributed by atoms with Gasteiger partial charge in [-0.15, -0.1) is 0 Å². The lowest BCUT2D eigenvalue weighted by molar-refractivity contribution is -0.122. The number of amides is 2. The molecular formula is C16H15ClN4O4. The van der Waals surface area contributed by atoms with Crippen LogP contribution in [-0.2, 0) is 23.7 Å². The smallest absolute Gasteiger partial charge is 0.326 e. The first kappa shape index (κ1) is 17.0. The molecule has 1 aliphatic rings. The highest BCUT2D eigenvalue weighted by Gasteiger charge is 2.37. The molecular weight excluding hydrogens is 348 g/mol. The van der Waals surface area contributed by atoms with Crippen LogP contribution in [0.1, 0.15) is 17.9 Å². The van der Waals surface area contributed by atoms with E-state index in [4.69, 9.17) is 11.6 Å². The normalized spacial score (nSPS) is 15.6. The van der Waals surface area contributed by atoms with Gasteiger partial charge in [0.05, 0.1) is 11.5 Å². The third-order valence-electron chi connectivity index (χ3n) is 4.12. The Morgan fingerprint density at radius 2 is 1.80 bits per heavy atom. The third kappa shape index (κ3) is 2.96. The van der Waals surface area contributed by atoms with E-state index in [1.54, 1.807) is 24.3 Å². The molecule has 0 spiro atoms. The maximum absolute atomic E-state index is 12.4. The van der Waals surface area contributed by atoms with Crippen molar-refractivity contribution in [3.63, 3.8) is 0 Å². The summed E-state index contributed by atoms with van der Waals surface area (Å²) >= 11 is 5.79. The fourth-order valence-electron chi connectivity index (χ4n) is 2.80. The topological polar surface area (TPSA) is 102 Å². The molecule has 1 atom stereocenters. The van der Waals surface area contributed by atoms with Crippen molar-refractivity contribution in [2.24, 2.45) is 14.1 Å². The van der Waals surface area contributed by atoms with Gasteiger partial charge in [-0.25, -0.2) is 4.79 Å². The average molecular weight is 363 g/mol. The van der Waals surface area contributed by atoms with Gasteiger partial charge in [-0.1, -0.05) is 11.6 Å². The van der Waals surface area contributed by atoms with E-state index in [9.17, 15) is 19.2 Å². The van der Waals surface area contributed by atoms with Gasteiger partial charge < -0.3 is 10.6 Å². The molecule has 0 saturated carbocycles. The summed E-state index contributed by atoms with van der Waals surface area (Å²) in [6, 6.07) is 6.51. The Bertz CT molecular complexity index is 991. The van der Waals surface area contributed by atoms with Gasteiger partial charge in [-0.05, 0) is 24.3 Å². The van der Waals surface area contributed by atoms with Crippen LogP contribution in [0.5, 0.6) is 0 Å². The van der Waals surface area contributed by atoms with E-state index in [1.807, 2.05) is 0 Å². The summed E-state index contributed by atoms with van der Waals surface area (Å²) < 4.78 is 2.11. The number of hydrogen-bond donors (Lipinski definition) is 2. The lowest BCUT2D eigenvalue weighted by Crippen LogP contribution is -2.39. The molecule has 130 valence electrons. The van der Waals surface area contributed by atoms with Gasteiger partial charge in [0.15, 0.2) is 0 Å². The summed E-state index contributed by atoms with van der Waals surface area (Å²) in [5, 5.41) is 5.70. The van der Waals surface area contributed by atoms with Crippen LogP contribution in [0.3, 0.4) is 0 Å². The number of hydrogen-bond acceptors (Lipinski definition) is 4. The van der Waals surface area contributed by atoms with Crippen molar-refractivity contribution in [2.75, 3.05) is 10.6 Å². The van der Waals surface area contributed by atoms with Crippen molar-refractivity contribution in [1.29, 1.82) is 0 Å². The monoisotopic (exact) mass is 362 g/mol. The molecule has 0 radical (unpaired) electrons. The second kappa shape index (κ2) is 6.21. The molecule has 0 unspecified atom stereocenters. The van der Waals surface area contributed by atoms with Crippen LogP contribution in [-0.4, -0.2) is 20.9 Å². The van der Waals surface area contributed by atoms with Gasteiger partial charge in [0.1, 0.15) is 5.82 Å². The molecule has 2 N–H and O–H groups in total. The van der Waals surface area contributed by atoms with Crippen molar-refractivity contribution < 1.29 is 9.59 Å². The van der Waals surface area contributed by atoms with Crippen LogP contribution in [0.4, 0.5) is 11.5 Å². The largest absolute Gasteiger partial charge is 0.332 e. The number of carbonyl (C=O) groups excluding carboxylic acids is 2. The van der Waals surface area contributed by atoms with Gasteiger partial charge >= 0.3 is 5.69 Å². The first-order chi connectivity index (χ1) is 11.8. The van der Waals surface area contributed by atoms with Crippen molar-refractivity contribution >= 4 is 34.9 Å². The molecule has 0 fully saturated rings. The highest BCUT2D eigenvalue weighted by molar-refractivity contribution is 6.30. The van der Waals surface area contributed by atoms with Crippen molar-refractivity contribution in [2.45, 2.75) is 12.3 Å². The molecule has 9 heteroatoms. The van der Waals surface area contributed by atoms with E-state index in [0.717, 1.165) is 4.57 Å². The summed E-state index contributed by atoms with van der Waals surface area (Å²) in [4.78, 5) is 48.8. The zero-order valence-electron chi connectivity index (χ0n) is 13.5. The number of nitrogens with one attached hydrogen (secondary N) is 2. The van der Waals surface area contributed by atoms with Gasteiger partial charge in [0.2, 0.25) is 11.8 Å². The number of benzene rings is 1. The van der Waals surface area contributed by atoms with E-state index in [2.05, 4.69) is 10.6 Å². The number of rotatable bonds is 3. The van der Waals surface area contributed by atoms with Gasteiger partial charge in [-0.3, -0.25) is 23.5 Å². The van der Waals surface area contributed by atoms with Crippen LogP contribution in [0.2, 0.25) is 5.02 Å². The Hall–Kier alpha value is -2.87. The number of anilines is 2. The van der Waals surface area contributed by atoms with Crippen molar-refractivity contribution in [3.8, 4) is 0 Å². The fraction of sp³-hybridized carbons (Fsp3) is 0.250. The molecule has 2 aromatic rings. The fourth-order valence-corrected chi connectivity index (χ4v) is 2.92. The molecule has 3 rings (SSSR count).